The maximum absolute atomic E-state index is 6.00. The van der Waals surface area contributed by atoms with Gasteiger partial charge in [-0.3, -0.25) is 0 Å². The molecule has 1 N–H and O–H groups in total. The molecule has 3 heteroatoms. The number of hydrogen-bond donors (Lipinski definition) is 1. The van der Waals surface area contributed by atoms with Crippen molar-refractivity contribution in [2.75, 3.05) is 0 Å². The van der Waals surface area contributed by atoms with E-state index in [9.17, 15) is 0 Å². The molecule has 1 aliphatic heterocycles. The standard InChI is InChI=1S/C15H22BNO/c1-14(2)15(3,4)18-16(17-14)12-8-11-13-9-6-5-7-10-13/h5-10,12,17H,11H2,1-4H3/b12-8+. The molecule has 0 aromatic heterocycles. The van der Waals surface area contributed by atoms with Crippen molar-refractivity contribution in [1.29, 1.82) is 0 Å². The van der Waals surface area contributed by atoms with E-state index in [-0.39, 0.29) is 18.2 Å². The molecular weight excluding hydrogens is 221 g/mol. The van der Waals surface area contributed by atoms with E-state index in [1.54, 1.807) is 0 Å². The normalized spacial score (nSPS) is 21.7. The summed E-state index contributed by atoms with van der Waals surface area (Å²) in [4.78, 5) is 0. The van der Waals surface area contributed by atoms with E-state index in [0.29, 0.717) is 0 Å². The third-order valence-electron chi connectivity index (χ3n) is 3.94. The second-order valence-corrected chi connectivity index (χ2v) is 5.94. The Hall–Kier alpha value is -1.06. The van der Waals surface area contributed by atoms with Crippen molar-refractivity contribution in [1.82, 2.24) is 5.23 Å². The van der Waals surface area contributed by atoms with Gasteiger partial charge in [-0.1, -0.05) is 42.4 Å². The molecule has 0 saturated carbocycles. The molecule has 0 unspecified atom stereocenters. The summed E-state index contributed by atoms with van der Waals surface area (Å²) in [6, 6.07) is 10.5. The molecule has 96 valence electrons. The van der Waals surface area contributed by atoms with Crippen molar-refractivity contribution in [3.63, 3.8) is 0 Å². The quantitative estimate of drug-likeness (QED) is 0.824. The number of nitrogens with one attached hydrogen (secondary N) is 1. The van der Waals surface area contributed by atoms with Gasteiger partial charge in [0.25, 0.3) is 0 Å². The van der Waals surface area contributed by atoms with Gasteiger partial charge in [-0.25, -0.2) is 0 Å². The van der Waals surface area contributed by atoms with E-state index in [0.717, 1.165) is 6.42 Å². The molecule has 0 amide bonds. The molecule has 0 aliphatic carbocycles. The van der Waals surface area contributed by atoms with Crippen molar-refractivity contribution in [3.8, 4) is 0 Å². The van der Waals surface area contributed by atoms with Crippen LogP contribution in [0.25, 0.3) is 0 Å². The first kappa shape index (κ1) is 13.4. The molecule has 1 saturated heterocycles. The highest BCUT2D eigenvalue weighted by atomic mass is 16.5. The summed E-state index contributed by atoms with van der Waals surface area (Å²) in [5.41, 5.74) is 1.18. The SMILES string of the molecule is CC1(C)NB(/C=C/Cc2ccccc2)OC1(C)C. The highest BCUT2D eigenvalue weighted by molar-refractivity contribution is 6.56. The van der Waals surface area contributed by atoms with E-state index in [1.165, 1.54) is 5.56 Å². The minimum absolute atomic E-state index is 0.00520. The van der Waals surface area contributed by atoms with Gasteiger partial charge in [0, 0.05) is 5.54 Å². The molecule has 18 heavy (non-hydrogen) atoms. The van der Waals surface area contributed by atoms with Gasteiger partial charge in [0.15, 0.2) is 0 Å². The second kappa shape index (κ2) is 4.91. The van der Waals surface area contributed by atoms with Gasteiger partial charge >= 0.3 is 7.05 Å². The largest absolute Gasteiger partial charge is 0.411 e. The van der Waals surface area contributed by atoms with E-state index in [4.69, 9.17) is 4.65 Å². The fourth-order valence-corrected chi connectivity index (χ4v) is 2.05. The molecule has 1 aromatic carbocycles. The lowest BCUT2D eigenvalue weighted by atomic mass is 9.81. The molecule has 0 bridgehead atoms. The predicted molar refractivity (Wildman–Crippen MR) is 77.4 cm³/mol. The zero-order chi connectivity index (χ0) is 13.2. The highest BCUT2D eigenvalue weighted by Gasteiger charge is 2.47. The molecule has 0 spiro atoms. The van der Waals surface area contributed by atoms with Crippen molar-refractivity contribution < 1.29 is 4.65 Å². The number of allylic oxidation sites excluding steroid dienone is 1. The average molecular weight is 243 g/mol. The van der Waals surface area contributed by atoms with Gasteiger partial charge in [-0.05, 0) is 39.7 Å². The summed E-state index contributed by atoms with van der Waals surface area (Å²) in [5.74, 6) is 2.11. The summed E-state index contributed by atoms with van der Waals surface area (Å²) in [7, 11) is 0.0127. The summed E-state index contributed by atoms with van der Waals surface area (Å²) in [5, 5.41) is 3.50. The molecule has 1 fully saturated rings. The number of rotatable bonds is 3. The van der Waals surface area contributed by atoms with Crippen LogP contribution in [0.4, 0.5) is 0 Å². The second-order valence-electron chi connectivity index (χ2n) is 5.94. The third kappa shape index (κ3) is 2.85. The van der Waals surface area contributed by atoms with Crippen molar-refractivity contribution in [2.45, 2.75) is 45.3 Å². The summed E-state index contributed by atoms with van der Waals surface area (Å²) < 4.78 is 6.00. The van der Waals surface area contributed by atoms with Crippen LogP contribution >= 0.6 is 0 Å². The van der Waals surface area contributed by atoms with Crippen LogP contribution in [0.15, 0.2) is 42.4 Å². The molecule has 1 heterocycles. The molecular formula is C15H22BNO. The fourth-order valence-electron chi connectivity index (χ4n) is 2.05. The number of hydrogen-bond acceptors (Lipinski definition) is 2. The van der Waals surface area contributed by atoms with Crippen molar-refractivity contribution in [3.05, 3.63) is 47.9 Å². The average Bonchev–Trinajstić information content (AvgIpc) is 2.49. The first-order chi connectivity index (χ1) is 8.41. The fraction of sp³-hybridized carbons (Fsp3) is 0.467. The Bertz CT molecular complexity index is 409. The Morgan fingerprint density at radius 1 is 1.17 bits per heavy atom. The van der Waals surface area contributed by atoms with Gasteiger partial charge in [0.1, 0.15) is 0 Å². The van der Waals surface area contributed by atoms with Crippen molar-refractivity contribution >= 4 is 7.05 Å². The van der Waals surface area contributed by atoms with Crippen LogP contribution in [0.1, 0.15) is 33.3 Å². The van der Waals surface area contributed by atoms with Gasteiger partial charge < -0.3 is 9.88 Å². The Balaban J connectivity index is 1.92. The van der Waals surface area contributed by atoms with Gasteiger partial charge in [-0.15, -0.1) is 0 Å². The molecule has 0 atom stereocenters. The topological polar surface area (TPSA) is 21.3 Å². The van der Waals surface area contributed by atoms with Gasteiger partial charge in [0.05, 0.1) is 5.60 Å². The zero-order valence-electron chi connectivity index (χ0n) is 11.7. The maximum Gasteiger partial charge on any atom is 0.408 e. The van der Waals surface area contributed by atoms with Crippen molar-refractivity contribution in [2.24, 2.45) is 0 Å². The van der Waals surface area contributed by atoms with Crippen LogP contribution < -0.4 is 5.23 Å². The van der Waals surface area contributed by atoms with Crippen LogP contribution in [0.3, 0.4) is 0 Å². The minimum atomic E-state index is -0.144. The summed E-state index contributed by atoms with van der Waals surface area (Å²) >= 11 is 0. The minimum Gasteiger partial charge on any atom is -0.411 e. The van der Waals surface area contributed by atoms with Gasteiger partial charge in [0.2, 0.25) is 0 Å². The van der Waals surface area contributed by atoms with E-state index in [1.807, 2.05) is 6.07 Å². The predicted octanol–water partition coefficient (Wildman–Crippen LogP) is 2.99. The first-order valence-corrected chi connectivity index (χ1v) is 6.57. The lowest BCUT2D eigenvalue weighted by Gasteiger charge is -2.33. The lowest BCUT2D eigenvalue weighted by Crippen LogP contribution is -2.49. The lowest BCUT2D eigenvalue weighted by molar-refractivity contribution is 0.0748. The third-order valence-corrected chi connectivity index (χ3v) is 3.94. The number of benzene rings is 1. The van der Waals surface area contributed by atoms with Crippen LogP contribution in [0.2, 0.25) is 0 Å². The monoisotopic (exact) mass is 243 g/mol. The molecule has 2 rings (SSSR count). The summed E-state index contributed by atoms with van der Waals surface area (Å²) in [6.45, 7) is 8.62. The van der Waals surface area contributed by atoms with E-state index >= 15 is 0 Å². The van der Waals surface area contributed by atoms with Crippen LogP contribution in [0, 0.1) is 0 Å². The Morgan fingerprint density at radius 2 is 1.83 bits per heavy atom. The highest BCUT2D eigenvalue weighted by Crippen LogP contribution is 2.31. The van der Waals surface area contributed by atoms with Crippen LogP contribution in [0.5, 0.6) is 0 Å². The maximum atomic E-state index is 6.00. The van der Waals surface area contributed by atoms with Crippen LogP contribution in [-0.2, 0) is 11.1 Å². The van der Waals surface area contributed by atoms with E-state index in [2.05, 4.69) is 69.2 Å². The molecule has 2 nitrogen and oxygen atoms in total. The van der Waals surface area contributed by atoms with Gasteiger partial charge in [-0.2, -0.15) is 0 Å². The zero-order valence-corrected chi connectivity index (χ0v) is 11.7. The summed E-state index contributed by atoms with van der Waals surface area (Å²) in [6.07, 6.45) is 3.12. The molecule has 1 aromatic rings. The van der Waals surface area contributed by atoms with Crippen LogP contribution in [-0.4, -0.2) is 18.2 Å². The molecule has 1 aliphatic rings. The Morgan fingerprint density at radius 3 is 2.39 bits per heavy atom. The van der Waals surface area contributed by atoms with E-state index < -0.39 is 0 Å². The Labute approximate surface area is 111 Å². The molecule has 0 radical (unpaired) electrons. The smallest absolute Gasteiger partial charge is 0.408 e. The first-order valence-electron chi connectivity index (χ1n) is 6.57. The Kier molecular flexibility index (Phi) is 3.65.